The van der Waals surface area contributed by atoms with Crippen molar-refractivity contribution in [1.29, 1.82) is 10.5 Å². The van der Waals surface area contributed by atoms with Crippen LogP contribution in [0.1, 0.15) is 11.1 Å². The van der Waals surface area contributed by atoms with Gasteiger partial charge in [-0.3, -0.25) is 0 Å². The van der Waals surface area contributed by atoms with Crippen LogP contribution in [0.3, 0.4) is 0 Å². The molecule has 11 aromatic rings. The highest BCUT2D eigenvalue weighted by Crippen LogP contribution is 2.42. The molecule has 0 atom stereocenters. The second-order valence-corrected chi connectivity index (χ2v) is 13.9. The number of benzene rings is 8. The van der Waals surface area contributed by atoms with Gasteiger partial charge in [0, 0.05) is 43.6 Å². The molecule has 5 heteroatoms. The topological polar surface area (TPSA) is 62.4 Å². The van der Waals surface area contributed by atoms with Gasteiger partial charge in [-0.15, -0.1) is 0 Å². The zero-order chi connectivity index (χ0) is 36.6. The minimum Gasteiger partial charge on any atom is -0.308 e. The Balaban J connectivity index is 1.19. The van der Waals surface area contributed by atoms with E-state index in [2.05, 4.69) is 165 Å². The summed E-state index contributed by atoms with van der Waals surface area (Å²) in [5, 5.41) is 27.6. The first-order chi connectivity index (χ1) is 27.2. The molecule has 0 bridgehead atoms. The maximum Gasteiger partial charge on any atom is 0.101 e. The van der Waals surface area contributed by atoms with Gasteiger partial charge in [0.05, 0.1) is 61.7 Å². The van der Waals surface area contributed by atoms with E-state index in [9.17, 15) is 10.5 Å². The second kappa shape index (κ2) is 11.8. The third kappa shape index (κ3) is 4.33. The molecule has 3 aromatic heterocycles. The van der Waals surface area contributed by atoms with Gasteiger partial charge in [0.1, 0.15) is 6.07 Å². The van der Waals surface area contributed by atoms with Gasteiger partial charge in [-0.25, -0.2) is 0 Å². The van der Waals surface area contributed by atoms with Crippen molar-refractivity contribution in [3.05, 3.63) is 187 Å². The number of nitriles is 2. The summed E-state index contributed by atoms with van der Waals surface area (Å²) in [6.07, 6.45) is 0. The van der Waals surface area contributed by atoms with Crippen LogP contribution in [0.4, 0.5) is 0 Å². The molecular formula is C50H29N5. The fourth-order valence-electron chi connectivity index (χ4n) is 8.89. The molecule has 0 spiro atoms. The molecule has 0 aliphatic heterocycles. The molecule has 0 fully saturated rings. The maximum atomic E-state index is 10.7. The monoisotopic (exact) mass is 699 g/mol. The number of hydrogen-bond acceptors (Lipinski definition) is 2. The third-order valence-corrected chi connectivity index (χ3v) is 11.1. The van der Waals surface area contributed by atoms with Crippen molar-refractivity contribution >= 4 is 65.4 Å². The van der Waals surface area contributed by atoms with Gasteiger partial charge >= 0.3 is 0 Å². The highest BCUT2D eigenvalue weighted by Gasteiger charge is 2.23. The predicted octanol–water partition coefficient (Wildman–Crippen LogP) is 12.4. The van der Waals surface area contributed by atoms with Crippen LogP contribution in [0.5, 0.6) is 0 Å². The number of rotatable bonds is 4. The van der Waals surface area contributed by atoms with Crippen molar-refractivity contribution in [2.75, 3.05) is 0 Å². The molecule has 0 radical (unpaired) electrons. The fourth-order valence-corrected chi connectivity index (χ4v) is 8.89. The van der Waals surface area contributed by atoms with Gasteiger partial charge in [-0.1, -0.05) is 115 Å². The molecule has 5 nitrogen and oxygen atoms in total. The quantitative estimate of drug-likeness (QED) is 0.184. The van der Waals surface area contributed by atoms with Gasteiger partial charge in [0.25, 0.3) is 0 Å². The first kappa shape index (κ1) is 30.7. The molecular weight excluding hydrogens is 671 g/mol. The van der Waals surface area contributed by atoms with Crippen LogP contribution in [-0.4, -0.2) is 13.7 Å². The minimum absolute atomic E-state index is 0.592. The van der Waals surface area contributed by atoms with Crippen LogP contribution in [0.15, 0.2) is 176 Å². The Morgan fingerprint density at radius 1 is 0.327 bits per heavy atom. The average Bonchev–Trinajstić information content (AvgIpc) is 3.89. The van der Waals surface area contributed by atoms with Crippen molar-refractivity contribution in [3.8, 4) is 40.3 Å². The summed E-state index contributed by atoms with van der Waals surface area (Å²) in [6.45, 7) is 0. The van der Waals surface area contributed by atoms with Crippen molar-refractivity contribution in [2.45, 2.75) is 0 Å². The summed E-state index contributed by atoms with van der Waals surface area (Å²) in [6, 6.07) is 65.9. The molecule has 0 unspecified atom stereocenters. The lowest BCUT2D eigenvalue weighted by Gasteiger charge is -2.18. The first-order valence-electron chi connectivity index (χ1n) is 18.3. The molecule has 0 aliphatic rings. The third-order valence-electron chi connectivity index (χ3n) is 11.1. The predicted molar refractivity (Wildman–Crippen MR) is 224 cm³/mol. The Bertz CT molecular complexity index is 3400. The van der Waals surface area contributed by atoms with Crippen molar-refractivity contribution < 1.29 is 0 Å². The highest BCUT2D eigenvalue weighted by atomic mass is 15.1. The summed E-state index contributed by atoms with van der Waals surface area (Å²) in [5.41, 5.74) is 12.3. The highest BCUT2D eigenvalue weighted by molar-refractivity contribution is 6.15. The Hall–Kier alpha value is -7.86. The van der Waals surface area contributed by atoms with E-state index < -0.39 is 0 Å². The number of nitrogens with zero attached hydrogens (tertiary/aromatic N) is 5. The van der Waals surface area contributed by atoms with E-state index >= 15 is 0 Å². The van der Waals surface area contributed by atoms with Crippen LogP contribution in [0.25, 0.3) is 93.6 Å². The smallest absolute Gasteiger partial charge is 0.101 e. The van der Waals surface area contributed by atoms with Gasteiger partial charge in [-0.2, -0.15) is 10.5 Å². The molecule has 55 heavy (non-hydrogen) atoms. The van der Waals surface area contributed by atoms with E-state index in [1.807, 2.05) is 36.4 Å². The number of aromatic nitrogens is 3. The maximum absolute atomic E-state index is 10.7. The van der Waals surface area contributed by atoms with Crippen LogP contribution in [0.2, 0.25) is 0 Å². The van der Waals surface area contributed by atoms with Crippen molar-refractivity contribution in [3.63, 3.8) is 0 Å². The van der Waals surface area contributed by atoms with Gasteiger partial charge in [-0.05, 0) is 66.2 Å². The summed E-state index contributed by atoms with van der Waals surface area (Å²) in [5.74, 6) is 0. The van der Waals surface area contributed by atoms with E-state index in [4.69, 9.17) is 0 Å². The summed E-state index contributed by atoms with van der Waals surface area (Å²) in [7, 11) is 0. The normalized spacial score (nSPS) is 11.6. The van der Waals surface area contributed by atoms with E-state index in [1.54, 1.807) is 0 Å². The van der Waals surface area contributed by atoms with Gasteiger partial charge in [0.15, 0.2) is 0 Å². The molecule has 3 heterocycles. The SMILES string of the molecule is N#Cc1cccc(-n2c3ccccc3c3cccc(-n4c5ccccc5c5ccccc54)c32)c1-c1ccc(-n2c3ccccc3c3cccc(C#N)c32)cc1. The number of para-hydroxylation sites is 6. The Morgan fingerprint density at radius 2 is 0.764 bits per heavy atom. The standard InChI is InChI=1S/C50H29N5/c51-30-33-12-10-24-46(48(33)32-26-28-35(29-27-32)53-42-20-5-3-16-38(42)40-18-9-13-34(31-52)49(40)53)55-45-23-8-4-17-39(45)41-19-11-25-47(50(41)55)54-43-21-6-1-14-36(43)37-15-2-7-22-44(37)54/h1-29H. The molecule has 0 aliphatic carbocycles. The van der Waals surface area contributed by atoms with E-state index in [0.717, 1.165) is 82.8 Å². The zero-order valence-corrected chi connectivity index (χ0v) is 29.5. The zero-order valence-electron chi connectivity index (χ0n) is 29.5. The van der Waals surface area contributed by atoms with Crippen LogP contribution in [0, 0.1) is 22.7 Å². The van der Waals surface area contributed by atoms with Gasteiger partial charge in [0.2, 0.25) is 0 Å². The van der Waals surface area contributed by atoms with Crippen LogP contribution in [-0.2, 0) is 0 Å². The summed E-state index contributed by atoms with van der Waals surface area (Å²) < 4.78 is 6.90. The molecule has 254 valence electrons. The van der Waals surface area contributed by atoms with Crippen LogP contribution >= 0.6 is 0 Å². The summed E-state index contributed by atoms with van der Waals surface area (Å²) >= 11 is 0. The Morgan fingerprint density at radius 3 is 1.36 bits per heavy atom. The minimum atomic E-state index is 0.592. The number of fused-ring (bicyclic) bond motifs is 9. The molecule has 0 saturated carbocycles. The largest absolute Gasteiger partial charge is 0.308 e. The lowest BCUT2D eigenvalue weighted by molar-refractivity contribution is 1.13. The van der Waals surface area contributed by atoms with Crippen molar-refractivity contribution in [1.82, 2.24) is 13.7 Å². The Labute approximate surface area is 316 Å². The average molecular weight is 700 g/mol. The fraction of sp³-hybridized carbons (Fsp3) is 0. The van der Waals surface area contributed by atoms with Crippen LogP contribution < -0.4 is 0 Å². The van der Waals surface area contributed by atoms with Gasteiger partial charge < -0.3 is 13.7 Å². The summed E-state index contributed by atoms with van der Waals surface area (Å²) in [4.78, 5) is 0. The van der Waals surface area contributed by atoms with E-state index in [1.165, 1.54) is 10.8 Å². The molecule has 0 N–H and O–H groups in total. The van der Waals surface area contributed by atoms with Crippen molar-refractivity contribution in [2.24, 2.45) is 0 Å². The molecule has 0 saturated heterocycles. The lowest BCUT2D eigenvalue weighted by atomic mass is 9.97. The first-order valence-corrected chi connectivity index (χ1v) is 18.3. The molecule has 11 rings (SSSR count). The van der Waals surface area contributed by atoms with E-state index in [-0.39, 0.29) is 0 Å². The Kier molecular flexibility index (Phi) is 6.61. The molecule has 8 aromatic carbocycles. The van der Waals surface area contributed by atoms with E-state index in [0.29, 0.717) is 11.1 Å². The second-order valence-electron chi connectivity index (χ2n) is 13.9. The lowest BCUT2D eigenvalue weighted by Crippen LogP contribution is -2.03. The molecule has 0 amide bonds. The number of hydrogen-bond donors (Lipinski definition) is 0.